The van der Waals surface area contributed by atoms with E-state index < -0.39 is 10.0 Å². The second kappa shape index (κ2) is 5.42. The Labute approximate surface area is 96.1 Å². The van der Waals surface area contributed by atoms with Crippen molar-refractivity contribution in [3.8, 4) is 0 Å². The summed E-state index contributed by atoms with van der Waals surface area (Å²) in [5.74, 6) is 0. The average molecular weight is 246 g/mol. The second-order valence-electron chi connectivity index (χ2n) is 3.91. The molecule has 0 unspecified atom stereocenters. The first-order valence-electron chi connectivity index (χ1n) is 5.12. The summed E-state index contributed by atoms with van der Waals surface area (Å²) in [6.45, 7) is 5.19. The minimum atomic E-state index is -3.41. The molecule has 0 bridgehead atoms. The zero-order valence-electron chi connectivity index (χ0n) is 9.77. The highest BCUT2D eigenvalue weighted by Crippen LogP contribution is 2.03. The van der Waals surface area contributed by atoms with Gasteiger partial charge in [0.2, 0.25) is 10.0 Å². The van der Waals surface area contributed by atoms with Crippen LogP contribution in [0, 0.1) is 0 Å². The minimum Gasteiger partial charge on any atom is -0.303 e. The van der Waals surface area contributed by atoms with Crippen LogP contribution in [0.15, 0.2) is 17.3 Å². The molecule has 1 rings (SSSR count). The SMILES string of the molecule is CC(C)N(C)CCNS(=O)(=O)c1cn[nH]c1. The summed E-state index contributed by atoms with van der Waals surface area (Å²) in [5.41, 5.74) is 0. The van der Waals surface area contributed by atoms with Gasteiger partial charge in [-0.25, -0.2) is 13.1 Å². The van der Waals surface area contributed by atoms with E-state index in [2.05, 4.69) is 33.7 Å². The molecule has 0 saturated heterocycles. The van der Waals surface area contributed by atoms with E-state index in [1.54, 1.807) is 0 Å². The van der Waals surface area contributed by atoms with Crippen LogP contribution in [-0.2, 0) is 10.0 Å². The van der Waals surface area contributed by atoms with Gasteiger partial charge in [-0.1, -0.05) is 0 Å². The molecule has 2 N–H and O–H groups in total. The highest BCUT2D eigenvalue weighted by Gasteiger charge is 2.14. The van der Waals surface area contributed by atoms with Gasteiger partial charge in [-0.2, -0.15) is 5.10 Å². The molecule has 7 heteroatoms. The Hall–Kier alpha value is -0.920. The summed E-state index contributed by atoms with van der Waals surface area (Å²) in [4.78, 5) is 2.23. The van der Waals surface area contributed by atoms with E-state index >= 15 is 0 Å². The Balaban J connectivity index is 2.44. The first-order valence-corrected chi connectivity index (χ1v) is 6.60. The third-order valence-electron chi connectivity index (χ3n) is 2.42. The van der Waals surface area contributed by atoms with Gasteiger partial charge in [-0.15, -0.1) is 0 Å². The lowest BCUT2D eigenvalue weighted by atomic mass is 10.3. The number of rotatable bonds is 6. The number of likely N-dealkylation sites (N-methyl/N-ethyl adjacent to an activating group) is 1. The number of H-pyrrole nitrogens is 1. The number of nitrogens with zero attached hydrogens (tertiary/aromatic N) is 2. The molecule has 6 nitrogen and oxygen atoms in total. The third kappa shape index (κ3) is 3.58. The molecule has 0 spiro atoms. The van der Waals surface area contributed by atoms with Crippen LogP contribution in [0.5, 0.6) is 0 Å². The number of aromatic amines is 1. The lowest BCUT2D eigenvalue weighted by Crippen LogP contribution is -2.36. The Morgan fingerprint density at radius 1 is 1.56 bits per heavy atom. The lowest BCUT2D eigenvalue weighted by molar-refractivity contribution is 0.278. The average Bonchev–Trinajstić information content (AvgIpc) is 2.70. The molecule has 0 aliphatic heterocycles. The molecule has 1 heterocycles. The smallest absolute Gasteiger partial charge is 0.243 e. The molecule has 1 aromatic heterocycles. The molecular formula is C9H18N4O2S. The maximum absolute atomic E-state index is 11.7. The lowest BCUT2D eigenvalue weighted by Gasteiger charge is -2.20. The zero-order chi connectivity index (χ0) is 12.2. The number of aromatic nitrogens is 2. The molecule has 1 aromatic rings. The van der Waals surface area contributed by atoms with Crippen LogP contribution >= 0.6 is 0 Å². The molecule has 0 atom stereocenters. The van der Waals surface area contributed by atoms with E-state index in [1.165, 1.54) is 12.4 Å². The Morgan fingerprint density at radius 2 is 2.25 bits per heavy atom. The Bertz CT molecular complexity index is 399. The highest BCUT2D eigenvalue weighted by atomic mass is 32.2. The van der Waals surface area contributed by atoms with Crippen LogP contribution < -0.4 is 4.72 Å². The van der Waals surface area contributed by atoms with E-state index in [9.17, 15) is 8.42 Å². The maximum Gasteiger partial charge on any atom is 0.243 e. The predicted octanol–water partition coefficient (Wildman–Crippen LogP) is 0.0282. The van der Waals surface area contributed by atoms with Crippen molar-refractivity contribution in [2.24, 2.45) is 0 Å². The highest BCUT2D eigenvalue weighted by molar-refractivity contribution is 7.89. The summed E-state index contributed by atoms with van der Waals surface area (Å²) in [7, 11) is -1.45. The van der Waals surface area contributed by atoms with Gasteiger partial charge < -0.3 is 4.90 Å². The molecule has 0 radical (unpaired) electrons. The van der Waals surface area contributed by atoms with Crippen molar-refractivity contribution in [1.29, 1.82) is 0 Å². The topological polar surface area (TPSA) is 78.1 Å². The van der Waals surface area contributed by atoms with Crippen molar-refractivity contribution in [3.63, 3.8) is 0 Å². The summed E-state index contributed by atoms with van der Waals surface area (Å²) in [6.07, 6.45) is 2.64. The van der Waals surface area contributed by atoms with Crippen LogP contribution in [0.1, 0.15) is 13.8 Å². The summed E-state index contributed by atoms with van der Waals surface area (Å²) in [6, 6.07) is 0.401. The van der Waals surface area contributed by atoms with Crippen molar-refractivity contribution >= 4 is 10.0 Å². The standard InChI is InChI=1S/C9H18N4O2S/c1-8(2)13(3)5-4-12-16(14,15)9-6-10-11-7-9/h6-8,12H,4-5H2,1-3H3,(H,10,11). The third-order valence-corrected chi connectivity index (χ3v) is 3.85. The summed E-state index contributed by atoms with van der Waals surface area (Å²) < 4.78 is 25.8. The van der Waals surface area contributed by atoms with Gasteiger partial charge in [-0.05, 0) is 20.9 Å². The second-order valence-corrected chi connectivity index (χ2v) is 5.67. The van der Waals surface area contributed by atoms with Crippen LogP contribution in [0.4, 0.5) is 0 Å². The first kappa shape index (κ1) is 13.1. The minimum absolute atomic E-state index is 0.166. The molecule has 16 heavy (non-hydrogen) atoms. The first-order chi connectivity index (χ1) is 7.43. The van der Waals surface area contributed by atoms with E-state index in [0.29, 0.717) is 19.1 Å². The van der Waals surface area contributed by atoms with Crippen molar-refractivity contribution in [1.82, 2.24) is 19.8 Å². The normalized spacial score (nSPS) is 12.6. The van der Waals surface area contributed by atoms with Gasteiger partial charge in [0.1, 0.15) is 4.90 Å². The van der Waals surface area contributed by atoms with E-state index in [4.69, 9.17) is 0 Å². The van der Waals surface area contributed by atoms with E-state index in [0.717, 1.165) is 0 Å². The van der Waals surface area contributed by atoms with Crippen LogP contribution in [0.2, 0.25) is 0 Å². The van der Waals surface area contributed by atoms with Crippen molar-refractivity contribution in [2.45, 2.75) is 24.8 Å². The van der Waals surface area contributed by atoms with Gasteiger partial charge in [0.05, 0.1) is 6.20 Å². The molecule has 0 fully saturated rings. The van der Waals surface area contributed by atoms with Crippen LogP contribution in [-0.4, -0.2) is 49.7 Å². The largest absolute Gasteiger partial charge is 0.303 e. The van der Waals surface area contributed by atoms with Crippen molar-refractivity contribution in [3.05, 3.63) is 12.4 Å². The van der Waals surface area contributed by atoms with Crippen LogP contribution in [0.3, 0.4) is 0 Å². The summed E-state index contributed by atoms with van der Waals surface area (Å²) in [5, 5.41) is 6.08. The molecule has 0 amide bonds. The van der Waals surface area contributed by atoms with Gasteiger partial charge in [0.15, 0.2) is 0 Å². The molecule has 92 valence electrons. The van der Waals surface area contributed by atoms with E-state index in [-0.39, 0.29) is 4.90 Å². The Kier molecular flexibility index (Phi) is 4.45. The Morgan fingerprint density at radius 3 is 2.75 bits per heavy atom. The van der Waals surface area contributed by atoms with Crippen molar-refractivity contribution in [2.75, 3.05) is 20.1 Å². The van der Waals surface area contributed by atoms with E-state index in [1.807, 2.05) is 7.05 Å². The number of hydrogen-bond acceptors (Lipinski definition) is 4. The molecular weight excluding hydrogens is 228 g/mol. The maximum atomic E-state index is 11.7. The fraction of sp³-hybridized carbons (Fsp3) is 0.667. The van der Waals surface area contributed by atoms with Gasteiger partial charge >= 0.3 is 0 Å². The van der Waals surface area contributed by atoms with Gasteiger partial charge in [0.25, 0.3) is 0 Å². The van der Waals surface area contributed by atoms with Gasteiger partial charge in [-0.3, -0.25) is 5.10 Å². The number of hydrogen-bond donors (Lipinski definition) is 2. The molecule has 0 aromatic carbocycles. The number of nitrogens with one attached hydrogen (secondary N) is 2. The monoisotopic (exact) mass is 246 g/mol. The molecule has 0 aliphatic rings. The van der Waals surface area contributed by atoms with Crippen LogP contribution in [0.25, 0.3) is 0 Å². The predicted molar refractivity (Wildman–Crippen MR) is 61.5 cm³/mol. The molecule has 0 aliphatic carbocycles. The molecule has 0 saturated carbocycles. The van der Waals surface area contributed by atoms with Crippen molar-refractivity contribution < 1.29 is 8.42 Å². The summed E-state index contributed by atoms with van der Waals surface area (Å²) >= 11 is 0. The van der Waals surface area contributed by atoms with Gasteiger partial charge in [0, 0.05) is 25.3 Å². The quantitative estimate of drug-likeness (QED) is 0.742. The number of sulfonamides is 1. The fourth-order valence-corrected chi connectivity index (χ4v) is 2.01. The fourth-order valence-electron chi connectivity index (χ4n) is 1.08. The zero-order valence-corrected chi connectivity index (χ0v) is 10.6.